The molecular weight excluding hydrogens is 246 g/mol. The van der Waals surface area contributed by atoms with Gasteiger partial charge in [0.25, 0.3) is 5.91 Å². The Balaban J connectivity index is 1.66. The summed E-state index contributed by atoms with van der Waals surface area (Å²) in [4.78, 5) is 11.9. The third kappa shape index (κ3) is 2.24. The van der Waals surface area contributed by atoms with Crippen LogP contribution in [0.4, 0.5) is 0 Å². The van der Waals surface area contributed by atoms with Crippen molar-refractivity contribution in [2.45, 2.75) is 13.5 Å². The third-order valence-electron chi connectivity index (χ3n) is 2.96. The molecule has 19 heavy (non-hydrogen) atoms. The van der Waals surface area contributed by atoms with E-state index in [1.807, 2.05) is 25.1 Å². The second-order valence-electron chi connectivity index (χ2n) is 4.28. The van der Waals surface area contributed by atoms with E-state index in [9.17, 15) is 4.79 Å². The number of fused-ring (bicyclic) bond motifs is 1. The highest BCUT2D eigenvalue weighted by Gasteiger charge is 2.14. The Hall–Kier alpha value is -2.50. The normalized spacial score (nSPS) is 12.5. The van der Waals surface area contributed by atoms with Crippen molar-refractivity contribution >= 4 is 5.91 Å². The van der Waals surface area contributed by atoms with Crippen LogP contribution < -0.4 is 14.8 Å². The Morgan fingerprint density at radius 2 is 2.26 bits per heavy atom. The molecule has 2 heterocycles. The van der Waals surface area contributed by atoms with Crippen LogP contribution >= 0.6 is 0 Å². The highest BCUT2D eigenvalue weighted by molar-refractivity contribution is 5.94. The predicted molar refractivity (Wildman–Crippen MR) is 67.1 cm³/mol. The first-order chi connectivity index (χ1) is 9.24. The molecular formula is C13H13N3O3. The summed E-state index contributed by atoms with van der Waals surface area (Å²) in [6.07, 6.45) is 1.52. The van der Waals surface area contributed by atoms with Gasteiger partial charge < -0.3 is 14.8 Å². The molecule has 0 unspecified atom stereocenters. The first-order valence-corrected chi connectivity index (χ1v) is 5.91. The van der Waals surface area contributed by atoms with E-state index in [1.165, 1.54) is 6.20 Å². The van der Waals surface area contributed by atoms with Crippen molar-refractivity contribution in [2.75, 3.05) is 6.79 Å². The van der Waals surface area contributed by atoms with Crippen LogP contribution in [0.1, 0.15) is 21.6 Å². The molecule has 0 atom stereocenters. The molecule has 0 fully saturated rings. The molecule has 6 heteroatoms. The number of H-pyrrole nitrogens is 1. The van der Waals surface area contributed by atoms with Crippen molar-refractivity contribution in [2.24, 2.45) is 0 Å². The van der Waals surface area contributed by atoms with E-state index < -0.39 is 0 Å². The number of aromatic nitrogens is 2. The van der Waals surface area contributed by atoms with Crippen LogP contribution in [0.2, 0.25) is 0 Å². The van der Waals surface area contributed by atoms with Crippen LogP contribution in [0.5, 0.6) is 11.5 Å². The van der Waals surface area contributed by atoms with Gasteiger partial charge in [-0.05, 0) is 24.6 Å². The molecule has 0 saturated carbocycles. The Morgan fingerprint density at radius 3 is 3.05 bits per heavy atom. The number of ether oxygens (including phenoxy) is 2. The second kappa shape index (κ2) is 4.64. The number of nitrogens with one attached hydrogen (secondary N) is 2. The van der Waals surface area contributed by atoms with Crippen molar-refractivity contribution in [1.29, 1.82) is 0 Å². The Bertz CT molecular complexity index is 621. The largest absolute Gasteiger partial charge is 0.454 e. The lowest BCUT2D eigenvalue weighted by Gasteiger charge is -2.05. The Morgan fingerprint density at radius 1 is 1.42 bits per heavy atom. The van der Waals surface area contributed by atoms with Gasteiger partial charge in [0.1, 0.15) is 0 Å². The van der Waals surface area contributed by atoms with Gasteiger partial charge in [-0.15, -0.1) is 0 Å². The monoisotopic (exact) mass is 259 g/mol. The van der Waals surface area contributed by atoms with Gasteiger partial charge in [-0.1, -0.05) is 6.07 Å². The first kappa shape index (κ1) is 11.6. The summed E-state index contributed by atoms with van der Waals surface area (Å²) in [6, 6.07) is 5.60. The molecule has 1 amide bonds. The maximum atomic E-state index is 11.9. The Labute approximate surface area is 109 Å². The van der Waals surface area contributed by atoms with Gasteiger partial charge in [0.15, 0.2) is 11.5 Å². The van der Waals surface area contributed by atoms with Crippen molar-refractivity contribution < 1.29 is 14.3 Å². The van der Waals surface area contributed by atoms with Crippen LogP contribution in [0.15, 0.2) is 24.4 Å². The second-order valence-corrected chi connectivity index (χ2v) is 4.28. The van der Waals surface area contributed by atoms with E-state index in [1.54, 1.807) is 0 Å². The number of rotatable bonds is 3. The molecule has 0 spiro atoms. The van der Waals surface area contributed by atoms with E-state index >= 15 is 0 Å². The number of aryl methyl sites for hydroxylation is 1. The van der Waals surface area contributed by atoms with Crippen LogP contribution in [-0.4, -0.2) is 22.9 Å². The lowest BCUT2D eigenvalue weighted by Crippen LogP contribution is -2.23. The lowest BCUT2D eigenvalue weighted by atomic mass is 10.2. The molecule has 6 nitrogen and oxygen atoms in total. The van der Waals surface area contributed by atoms with Crippen molar-refractivity contribution in [3.63, 3.8) is 0 Å². The smallest absolute Gasteiger partial charge is 0.255 e. The number of amides is 1. The number of nitrogens with zero attached hydrogens (tertiary/aromatic N) is 1. The molecule has 1 aliphatic heterocycles. The van der Waals surface area contributed by atoms with Crippen LogP contribution in [0, 0.1) is 6.92 Å². The zero-order valence-corrected chi connectivity index (χ0v) is 10.4. The van der Waals surface area contributed by atoms with Gasteiger partial charge >= 0.3 is 0 Å². The van der Waals surface area contributed by atoms with E-state index in [0.29, 0.717) is 17.9 Å². The van der Waals surface area contributed by atoms with Crippen molar-refractivity contribution in [1.82, 2.24) is 15.5 Å². The van der Waals surface area contributed by atoms with Gasteiger partial charge in [-0.3, -0.25) is 9.89 Å². The average molecular weight is 259 g/mol. The minimum Gasteiger partial charge on any atom is -0.454 e. The van der Waals surface area contributed by atoms with Crippen LogP contribution in [-0.2, 0) is 6.54 Å². The number of hydrogen-bond acceptors (Lipinski definition) is 4. The number of benzene rings is 1. The van der Waals surface area contributed by atoms with Gasteiger partial charge in [0.2, 0.25) is 6.79 Å². The lowest BCUT2D eigenvalue weighted by molar-refractivity contribution is 0.0950. The summed E-state index contributed by atoms with van der Waals surface area (Å²) < 4.78 is 10.5. The molecule has 1 aromatic heterocycles. The number of carbonyl (C=O) groups excluding carboxylic acids is 1. The van der Waals surface area contributed by atoms with Crippen molar-refractivity contribution in [3.8, 4) is 11.5 Å². The highest BCUT2D eigenvalue weighted by Crippen LogP contribution is 2.32. The van der Waals surface area contributed by atoms with Gasteiger partial charge in [-0.2, -0.15) is 5.10 Å². The molecule has 0 radical (unpaired) electrons. The summed E-state index contributed by atoms with van der Waals surface area (Å²) in [5, 5.41) is 9.40. The van der Waals surface area contributed by atoms with E-state index in [-0.39, 0.29) is 12.7 Å². The molecule has 1 aromatic carbocycles. The zero-order chi connectivity index (χ0) is 13.2. The van der Waals surface area contributed by atoms with E-state index in [2.05, 4.69) is 15.5 Å². The topological polar surface area (TPSA) is 76.2 Å². The minimum absolute atomic E-state index is 0.149. The molecule has 0 bridgehead atoms. The quantitative estimate of drug-likeness (QED) is 0.873. The van der Waals surface area contributed by atoms with E-state index in [0.717, 1.165) is 17.0 Å². The molecule has 2 N–H and O–H groups in total. The average Bonchev–Trinajstić information content (AvgIpc) is 3.03. The molecule has 1 aliphatic rings. The minimum atomic E-state index is -0.149. The molecule has 2 aromatic rings. The number of carbonyl (C=O) groups is 1. The van der Waals surface area contributed by atoms with Crippen LogP contribution in [0.25, 0.3) is 0 Å². The molecule has 98 valence electrons. The SMILES string of the molecule is Cc1[nH]ncc1C(=O)NCc1ccc2c(c1)OCO2. The maximum absolute atomic E-state index is 11.9. The van der Waals surface area contributed by atoms with Crippen LogP contribution in [0.3, 0.4) is 0 Å². The van der Waals surface area contributed by atoms with Crippen molar-refractivity contribution in [3.05, 3.63) is 41.2 Å². The summed E-state index contributed by atoms with van der Waals surface area (Å²) in [5.41, 5.74) is 2.27. The summed E-state index contributed by atoms with van der Waals surface area (Å²) >= 11 is 0. The first-order valence-electron chi connectivity index (χ1n) is 5.91. The summed E-state index contributed by atoms with van der Waals surface area (Å²) in [5.74, 6) is 1.30. The van der Waals surface area contributed by atoms with Gasteiger partial charge in [-0.25, -0.2) is 0 Å². The number of aromatic amines is 1. The highest BCUT2D eigenvalue weighted by atomic mass is 16.7. The Kier molecular flexibility index (Phi) is 2.83. The standard InChI is InChI=1S/C13H13N3O3/c1-8-10(6-15-16-8)13(17)14-5-9-2-3-11-12(4-9)19-7-18-11/h2-4,6H,5,7H2,1H3,(H,14,17)(H,15,16). The maximum Gasteiger partial charge on any atom is 0.255 e. The van der Waals surface area contributed by atoms with Gasteiger partial charge in [0.05, 0.1) is 11.8 Å². The molecule has 0 aliphatic carbocycles. The van der Waals surface area contributed by atoms with Gasteiger partial charge in [0, 0.05) is 12.2 Å². The fourth-order valence-corrected chi connectivity index (χ4v) is 1.91. The summed E-state index contributed by atoms with van der Waals surface area (Å²) in [6.45, 7) is 2.49. The van der Waals surface area contributed by atoms with E-state index in [4.69, 9.17) is 9.47 Å². The summed E-state index contributed by atoms with van der Waals surface area (Å²) in [7, 11) is 0. The fourth-order valence-electron chi connectivity index (χ4n) is 1.91. The fraction of sp³-hybridized carbons (Fsp3) is 0.231. The predicted octanol–water partition coefficient (Wildman–Crippen LogP) is 1.38. The number of hydrogen-bond donors (Lipinski definition) is 2. The zero-order valence-electron chi connectivity index (χ0n) is 10.4. The molecule has 3 rings (SSSR count). The molecule has 0 saturated heterocycles. The third-order valence-corrected chi connectivity index (χ3v) is 2.96.